The Morgan fingerprint density at radius 2 is 1.96 bits per heavy atom. The summed E-state index contributed by atoms with van der Waals surface area (Å²) in [5.41, 5.74) is 8.97. The molecule has 2 aliphatic heterocycles. The normalized spacial score (nSPS) is 28.4. The highest BCUT2D eigenvalue weighted by Crippen LogP contribution is 2.48. The lowest BCUT2D eigenvalue weighted by atomic mass is 9.95. The summed E-state index contributed by atoms with van der Waals surface area (Å²) in [7, 11) is 4.27. The number of carbonyl (C=O) groups is 1. The van der Waals surface area contributed by atoms with Crippen molar-refractivity contribution < 1.29 is 4.79 Å². The van der Waals surface area contributed by atoms with Gasteiger partial charge in [0.25, 0.3) is 0 Å². The fraction of sp³-hybridized carbons (Fsp3) is 0.632. The standard InChI is InChI=1S/C19H28N4O/c1-21(2)13-19(9-10-19)14-5-7-15(8-6-14)23-12-17-16(20)4-3-11-22(17)18(23)24/h5-8,16-17H,3-4,9-13,20H2,1-2H3/t16-,17-/m1/s1. The number of piperidine rings is 1. The van der Waals surface area contributed by atoms with Crippen LogP contribution in [0.25, 0.3) is 0 Å². The van der Waals surface area contributed by atoms with Crippen molar-refractivity contribution in [1.29, 1.82) is 0 Å². The van der Waals surface area contributed by atoms with E-state index in [2.05, 4.69) is 43.3 Å². The second-order valence-electron chi connectivity index (χ2n) is 8.02. The topological polar surface area (TPSA) is 52.8 Å². The van der Waals surface area contributed by atoms with Crippen LogP contribution < -0.4 is 10.6 Å². The van der Waals surface area contributed by atoms with Crippen molar-refractivity contribution in [2.24, 2.45) is 5.73 Å². The van der Waals surface area contributed by atoms with Gasteiger partial charge in [0, 0.05) is 36.8 Å². The predicted octanol–water partition coefficient (Wildman–Crippen LogP) is 2.01. The third kappa shape index (κ3) is 2.60. The Labute approximate surface area is 144 Å². The number of hydrogen-bond donors (Lipinski definition) is 1. The molecule has 0 radical (unpaired) electrons. The zero-order chi connectivity index (χ0) is 16.9. The Balaban J connectivity index is 1.52. The van der Waals surface area contributed by atoms with E-state index in [0.29, 0.717) is 5.41 Å². The molecule has 1 aromatic rings. The largest absolute Gasteiger partial charge is 0.326 e. The molecule has 3 aliphatic rings. The number of likely N-dealkylation sites (N-methyl/N-ethyl adjacent to an activating group) is 1. The number of anilines is 1. The quantitative estimate of drug-likeness (QED) is 0.920. The van der Waals surface area contributed by atoms with Crippen LogP contribution in [0, 0.1) is 0 Å². The molecule has 2 heterocycles. The van der Waals surface area contributed by atoms with Gasteiger partial charge in [0.2, 0.25) is 0 Å². The third-order valence-electron chi connectivity index (χ3n) is 5.94. The highest BCUT2D eigenvalue weighted by atomic mass is 16.2. The van der Waals surface area contributed by atoms with Gasteiger partial charge in [0.1, 0.15) is 0 Å². The van der Waals surface area contributed by atoms with E-state index in [9.17, 15) is 4.79 Å². The van der Waals surface area contributed by atoms with Gasteiger partial charge in [0.15, 0.2) is 0 Å². The van der Waals surface area contributed by atoms with Crippen molar-refractivity contribution in [2.75, 3.05) is 38.6 Å². The van der Waals surface area contributed by atoms with Crippen LogP contribution in [0.15, 0.2) is 24.3 Å². The lowest BCUT2D eigenvalue weighted by molar-refractivity contribution is 0.175. The molecule has 1 saturated carbocycles. The van der Waals surface area contributed by atoms with Crippen LogP contribution in [-0.2, 0) is 5.41 Å². The molecule has 0 spiro atoms. The first-order chi connectivity index (χ1) is 11.5. The van der Waals surface area contributed by atoms with Gasteiger partial charge in [-0.3, -0.25) is 4.90 Å². The summed E-state index contributed by atoms with van der Waals surface area (Å²) in [5.74, 6) is 0. The predicted molar refractivity (Wildman–Crippen MR) is 96.4 cm³/mol. The van der Waals surface area contributed by atoms with E-state index in [0.717, 1.165) is 38.2 Å². The second kappa shape index (κ2) is 5.74. The average Bonchev–Trinajstić information content (AvgIpc) is 3.25. The highest BCUT2D eigenvalue weighted by molar-refractivity contribution is 5.94. The van der Waals surface area contributed by atoms with Gasteiger partial charge in [-0.1, -0.05) is 12.1 Å². The number of nitrogens with two attached hydrogens (primary N) is 1. The van der Waals surface area contributed by atoms with Crippen LogP contribution >= 0.6 is 0 Å². The minimum absolute atomic E-state index is 0.113. The van der Waals surface area contributed by atoms with Crippen LogP contribution in [0.3, 0.4) is 0 Å². The van der Waals surface area contributed by atoms with Crippen molar-refractivity contribution in [3.05, 3.63) is 29.8 Å². The van der Waals surface area contributed by atoms with E-state index >= 15 is 0 Å². The number of nitrogens with zero attached hydrogens (tertiary/aromatic N) is 3. The number of rotatable bonds is 4. The summed E-state index contributed by atoms with van der Waals surface area (Å²) < 4.78 is 0. The molecule has 2 amide bonds. The van der Waals surface area contributed by atoms with Gasteiger partial charge < -0.3 is 15.5 Å². The molecule has 0 bridgehead atoms. The molecule has 2 saturated heterocycles. The molecular weight excluding hydrogens is 300 g/mol. The number of hydrogen-bond acceptors (Lipinski definition) is 3. The van der Waals surface area contributed by atoms with Crippen LogP contribution in [0.2, 0.25) is 0 Å². The van der Waals surface area contributed by atoms with Crippen molar-refractivity contribution in [3.8, 4) is 0 Å². The zero-order valence-electron chi connectivity index (χ0n) is 14.7. The molecule has 1 aromatic carbocycles. The summed E-state index contributed by atoms with van der Waals surface area (Å²) in [6.45, 7) is 2.67. The Hall–Kier alpha value is -1.59. The average molecular weight is 328 g/mol. The molecule has 24 heavy (non-hydrogen) atoms. The summed E-state index contributed by atoms with van der Waals surface area (Å²) >= 11 is 0. The fourth-order valence-electron chi connectivity index (χ4n) is 4.48. The Morgan fingerprint density at radius 3 is 2.54 bits per heavy atom. The monoisotopic (exact) mass is 328 g/mol. The fourth-order valence-corrected chi connectivity index (χ4v) is 4.48. The minimum atomic E-state index is 0.113. The first-order valence-electron chi connectivity index (χ1n) is 9.09. The van der Waals surface area contributed by atoms with Crippen molar-refractivity contribution >= 4 is 11.7 Å². The molecule has 130 valence electrons. The second-order valence-corrected chi connectivity index (χ2v) is 8.02. The maximum Gasteiger partial charge on any atom is 0.324 e. The summed E-state index contributed by atoms with van der Waals surface area (Å²) in [6, 6.07) is 9.08. The van der Waals surface area contributed by atoms with E-state index in [1.165, 1.54) is 18.4 Å². The van der Waals surface area contributed by atoms with Gasteiger partial charge in [-0.25, -0.2) is 4.79 Å². The van der Waals surface area contributed by atoms with Crippen molar-refractivity contribution in [3.63, 3.8) is 0 Å². The Kier molecular flexibility index (Phi) is 3.81. The lowest BCUT2D eigenvalue weighted by Crippen LogP contribution is -2.50. The van der Waals surface area contributed by atoms with Crippen LogP contribution in [-0.4, -0.2) is 61.6 Å². The maximum atomic E-state index is 12.7. The van der Waals surface area contributed by atoms with E-state index in [1.54, 1.807) is 0 Å². The summed E-state index contributed by atoms with van der Waals surface area (Å²) in [4.78, 5) is 18.9. The number of carbonyl (C=O) groups excluding carboxylic acids is 1. The molecule has 5 nitrogen and oxygen atoms in total. The first kappa shape index (κ1) is 15.9. The highest BCUT2D eigenvalue weighted by Gasteiger charge is 2.45. The number of benzene rings is 1. The molecule has 3 fully saturated rings. The number of amides is 2. The van der Waals surface area contributed by atoms with Crippen LogP contribution in [0.4, 0.5) is 10.5 Å². The molecule has 4 rings (SSSR count). The smallest absolute Gasteiger partial charge is 0.324 e. The van der Waals surface area contributed by atoms with E-state index < -0.39 is 0 Å². The molecule has 2 N–H and O–H groups in total. The minimum Gasteiger partial charge on any atom is -0.326 e. The molecule has 5 heteroatoms. The van der Waals surface area contributed by atoms with E-state index in [1.807, 2.05) is 9.80 Å². The molecule has 0 unspecified atom stereocenters. The Morgan fingerprint density at radius 1 is 1.25 bits per heavy atom. The maximum absolute atomic E-state index is 12.7. The van der Waals surface area contributed by atoms with Gasteiger partial charge in [-0.05, 0) is 57.5 Å². The van der Waals surface area contributed by atoms with Crippen LogP contribution in [0.5, 0.6) is 0 Å². The van der Waals surface area contributed by atoms with Gasteiger partial charge >= 0.3 is 6.03 Å². The summed E-state index contributed by atoms with van der Waals surface area (Å²) in [6.07, 6.45) is 4.56. The Bertz CT molecular complexity index is 623. The SMILES string of the molecule is CN(C)CC1(c2ccc(N3C[C@@H]4[C@H](N)CCCN4C3=O)cc2)CC1. The third-order valence-corrected chi connectivity index (χ3v) is 5.94. The lowest BCUT2D eigenvalue weighted by Gasteiger charge is -2.32. The zero-order valence-corrected chi connectivity index (χ0v) is 14.7. The van der Waals surface area contributed by atoms with Gasteiger partial charge in [-0.2, -0.15) is 0 Å². The summed E-state index contributed by atoms with van der Waals surface area (Å²) in [5, 5.41) is 0. The number of fused-ring (bicyclic) bond motifs is 1. The van der Waals surface area contributed by atoms with Crippen molar-refractivity contribution in [2.45, 2.75) is 43.2 Å². The van der Waals surface area contributed by atoms with Gasteiger partial charge in [-0.15, -0.1) is 0 Å². The van der Waals surface area contributed by atoms with E-state index in [-0.39, 0.29) is 18.1 Å². The van der Waals surface area contributed by atoms with Crippen molar-refractivity contribution in [1.82, 2.24) is 9.80 Å². The first-order valence-corrected chi connectivity index (χ1v) is 9.09. The molecule has 0 aromatic heterocycles. The van der Waals surface area contributed by atoms with Gasteiger partial charge in [0.05, 0.1) is 6.04 Å². The number of urea groups is 1. The molecule has 2 atom stereocenters. The molecular formula is C19H28N4O. The van der Waals surface area contributed by atoms with Crippen LogP contribution in [0.1, 0.15) is 31.2 Å². The van der Waals surface area contributed by atoms with E-state index in [4.69, 9.17) is 5.73 Å². The molecule has 1 aliphatic carbocycles.